The van der Waals surface area contributed by atoms with Crippen LogP contribution in [0, 0.1) is 10.1 Å². The zero-order chi connectivity index (χ0) is 12.8. The molecular weight excluding hydrogens is 218 g/mol. The van der Waals surface area contributed by atoms with E-state index < -0.39 is 4.92 Å². The molecule has 1 aromatic carbocycles. The van der Waals surface area contributed by atoms with Gasteiger partial charge in [-0.05, 0) is 18.6 Å². The average Bonchev–Trinajstić information content (AvgIpc) is 2.28. The van der Waals surface area contributed by atoms with Crippen LogP contribution in [0.25, 0.3) is 0 Å². The van der Waals surface area contributed by atoms with E-state index in [2.05, 4.69) is 11.8 Å². The Morgan fingerprint density at radius 2 is 2.12 bits per heavy atom. The summed E-state index contributed by atoms with van der Waals surface area (Å²) in [7, 11) is 1.97. The number of nitrogens with two attached hydrogens (primary N) is 1. The lowest BCUT2D eigenvalue weighted by molar-refractivity contribution is -0.383. The highest BCUT2D eigenvalue weighted by molar-refractivity contribution is 5.66. The third kappa shape index (κ3) is 3.62. The number of hydrogen-bond acceptors (Lipinski definition) is 4. The number of nitro groups is 1. The molecule has 0 aliphatic rings. The van der Waals surface area contributed by atoms with E-state index in [4.69, 9.17) is 5.73 Å². The summed E-state index contributed by atoms with van der Waals surface area (Å²) in [6.45, 7) is 3.09. The number of rotatable bonds is 6. The van der Waals surface area contributed by atoms with Crippen LogP contribution in [0.4, 0.5) is 17.1 Å². The second-order valence-electron chi connectivity index (χ2n) is 4.13. The summed E-state index contributed by atoms with van der Waals surface area (Å²) in [5.74, 6) is 0. The van der Waals surface area contributed by atoms with Gasteiger partial charge in [0, 0.05) is 25.3 Å². The zero-order valence-electron chi connectivity index (χ0n) is 10.3. The number of hydrogen-bond donors (Lipinski definition) is 1. The van der Waals surface area contributed by atoms with Gasteiger partial charge in [0.15, 0.2) is 0 Å². The molecule has 2 N–H and O–H groups in total. The predicted octanol–water partition coefficient (Wildman–Crippen LogP) is 2.80. The largest absolute Gasteiger partial charge is 0.393 e. The Labute approximate surface area is 101 Å². The van der Waals surface area contributed by atoms with Crippen molar-refractivity contribution in [3.05, 3.63) is 28.3 Å². The van der Waals surface area contributed by atoms with Gasteiger partial charge >= 0.3 is 0 Å². The van der Waals surface area contributed by atoms with Crippen molar-refractivity contribution in [2.24, 2.45) is 0 Å². The first-order chi connectivity index (χ1) is 8.06. The quantitative estimate of drug-likeness (QED) is 0.357. The van der Waals surface area contributed by atoms with Crippen LogP contribution in [0.5, 0.6) is 0 Å². The monoisotopic (exact) mass is 237 g/mol. The number of anilines is 2. The molecule has 17 heavy (non-hydrogen) atoms. The van der Waals surface area contributed by atoms with Crippen LogP contribution in [-0.2, 0) is 0 Å². The molecule has 0 spiro atoms. The predicted molar refractivity (Wildman–Crippen MR) is 70.3 cm³/mol. The van der Waals surface area contributed by atoms with Crippen LogP contribution in [0.15, 0.2) is 18.2 Å². The van der Waals surface area contributed by atoms with Crippen molar-refractivity contribution < 1.29 is 4.92 Å². The topological polar surface area (TPSA) is 72.4 Å². The summed E-state index contributed by atoms with van der Waals surface area (Å²) in [6, 6.07) is 4.85. The van der Waals surface area contributed by atoms with Crippen LogP contribution in [0.2, 0.25) is 0 Å². The molecule has 0 unspecified atom stereocenters. The molecule has 5 nitrogen and oxygen atoms in total. The number of benzene rings is 1. The van der Waals surface area contributed by atoms with E-state index in [9.17, 15) is 10.1 Å². The highest BCUT2D eigenvalue weighted by Crippen LogP contribution is 2.26. The molecule has 1 aromatic rings. The summed E-state index contributed by atoms with van der Waals surface area (Å²) >= 11 is 0. The average molecular weight is 237 g/mol. The second-order valence-corrected chi connectivity index (χ2v) is 4.13. The fraction of sp³-hybridized carbons (Fsp3) is 0.500. The standard InChI is InChI=1S/C12H19N3O2/c1-3-4-5-8-14(2)10-6-7-12(15(16)17)11(13)9-10/h6-7,9H,3-5,8,13H2,1-2H3. The minimum absolute atomic E-state index is 0.0318. The Kier molecular flexibility index (Phi) is 4.75. The number of nitro benzene ring substituents is 1. The van der Waals surface area contributed by atoms with Crippen molar-refractivity contribution in [1.29, 1.82) is 0 Å². The van der Waals surface area contributed by atoms with E-state index >= 15 is 0 Å². The van der Waals surface area contributed by atoms with Crippen LogP contribution >= 0.6 is 0 Å². The van der Waals surface area contributed by atoms with E-state index in [0.29, 0.717) is 0 Å². The van der Waals surface area contributed by atoms with Gasteiger partial charge in [-0.15, -0.1) is 0 Å². The van der Waals surface area contributed by atoms with Gasteiger partial charge in [-0.2, -0.15) is 0 Å². The van der Waals surface area contributed by atoms with E-state index in [1.54, 1.807) is 12.1 Å². The van der Waals surface area contributed by atoms with E-state index in [-0.39, 0.29) is 11.4 Å². The molecule has 0 bridgehead atoms. The van der Waals surface area contributed by atoms with Gasteiger partial charge in [-0.25, -0.2) is 0 Å². The third-order valence-electron chi connectivity index (χ3n) is 2.75. The van der Waals surface area contributed by atoms with Gasteiger partial charge in [-0.3, -0.25) is 10.1 Å². The molecule has 0 saturated heterocycles. The summed E-state index contributed by atoms with van der Waals surface area (Å²) in [5.41, 5.74) is 6.75. The van der Waals surface area contributed by atoms with Gasteiger partial charge in [0.1, 0.15) is 5.69 Å². The van der Waals surface area contributed by atoms with Gasteiger partial charge in [0.05, 0.1) is 4.92 Å². The van der Waals surface area contributed by atoms with Gasteiger partial charge in [0.2, 0.25) is 0 Å². The van der Waals surface area contributed by atoms with Gasteiger partial charge in [-0.1, -0.05) is 19.8 Å². The Morgan fingerprint density at radius 1 is 1.41 bits per heavy atom. The summed E-state index contributed by atoms with van der Waals surface area (Å²) in [6.07, 6.45) is 3.48. The maximum Gasteiger partial charge on any atom is 0.292 e. The lowest BCUT2D eigenvalue weighted by Gasteiger charge is -2.19. The van der Waals surface area contributed by atoms with E-state index in [1.807, 2.05) is 7.05 Å². The second kappa shape index (κ2) is 6.08. The van der Waals surface area contributed by atoms with Crippen molar-refractivity contribution in [3.63, 3.8) is 0 Å². The molecule has 0 aliphatic carbocycles. The van der Waals surface area contributed by atoms with Crippen LogP contribution in [-0.4, -0.2) is 18.5 Å². The van der Waals surface area contributed by atoms with Crippen molar-refractivity contribution in [3.8, 4) is 0 Å². The highest BCUT2D eigenvalue weighted by Gasteiger charge is 2.12. The van der Waals surface area contributed by atoms with Crippen LogP contribution in [0.3, 0.4) is 0 Å². The molecule has 0 atom stereocenters. The summed E-state index contributed by atoms with van der Waals surface area (Å²) < 4.78 is 0. The van der Waals surface area contributed by atoms with Gasteiger partial charge < -0.3 is 10.6 Å². The fourth-order valence-electron chi connectivity index (χ4n) is 1.67. The molecule has 0 radical (unpaired) electrons. The zero-order valence-corrected chi connectivity index (χ0v) is 10.3. The molecule has 0 amide bonds. The number of unbranched alkanes of at least 4 members (excludes halogenated alkanes) is 2. The normalized spacial score (nSPS) is 10.2. The van der Waals surface area contributed by atoms with Crippen LogP contribution in [0.1, 0.15) is 26.2 Å². The maximum atomic E-state index is 10.6. The molecule has 0 heterocycles. The number of nitrogens with zero attached hydrogens (tertiary/aromatic N) is 2. The Bertz CT molecular complexity index is 393. The molecule has 5 heteroatoms. The summed E-state index contributed by atoms with van der Waals surface area (Å²) in [5, 5.41) is 10.6. The molecule has 94 valence electrons. The summed E-state index contributed by atoms with van der Waals surface area (Å²) in [4.78, 5) is 12.2. The SMILES string of the molecule is CCCCCN(C)c1ccc([N+](=O)[O-])c(N)c1. The number of nitrogen functional groups attached to an aromatic ring is 1. The van der Waals surface area contributed by atoms with Crippen molar-refractivity contribution >= 4 is 17.1 Å². The molecular formula is C12H19N3O2. The Balaban J connectivity index is 2.72. The highest BCUT2D eigenvalue weighted by atomic mass is 16.6. The fourth-order valence-corrected chi connectivity index (χ4v) is 1.67. The van der Waals surface area contributed by atoms with Crippen molar-refractivity contribution in [1.82, 2.24) is 0 Å². The lowest BCUT2D eigenvalue weighted by atomic mass is 10.2. The molecule has 0 aromatic heterocycles. The molecule has 0 saturated carbocycles. The maximum absolute atomic E-state index is 10.6. The minimum Gasteiger partial charge on any atom is -0.393 e. The van der Waals surface area contributed by atoms with Crippen LogP contribution < -0.4 is 10.6 Å². The van der Waals surface area contributed by atoms with E-state index in [0.717, 1.165) is 18.7 Å². The minimum atomic E-state index is -0.462. The smallest absolute Gasteiger partial charge is 0.292 e. The third-order valence-corrected chi connectivity index (χ3v) is 2.75. The first kappa shape index (κ1) is 13.3. The first-order valence-corrected chi connectivity index (χ1v) is 5.81. The lowest BCUT2D eigenvalue weighted by Crippen LogP contribution is -2.18. The van der Waals surface area contributed by atoms with E-state index in [1.165, 1.54) is 18.9 Å². The first-order valence-electron chi connectivity index (χ1n) is 5.81. The molecule has 0 aliphatic heterocycles. The molecule has 0 fully saturated rings. The van der Waals surface area contributed by atoms with Crippen molar-refractivity contribution in [2.75, 3.05) is 24.2 Å². The van der Waals surface area contributed by atoms with Gasteiger partial charge in [0.25, 0.3) is 5.69 Å². The Hall–Kier alpha value is -1.78. The Morgan fingerprint density at radius 3 is 2.65 bits per heavy atom. The van der Waals surface area contributed by atoms with Crippen molar-refractivity contribution in [2.45, 2.75) is 26.2 Å². The molecule has 1 rings (SSSR count).